The molecule has 2 saturated heterocycles. The molecule has 2 aliphatic rings. The molecule has 9 nitrogen and oxygen atoms in total. The predicted octanol–water partition coefficient (Wildman–Crippen LogP) is 0.0254. The number of unbranched alkanes of at least 4 members (excludes halogenated alkanes) is 1. The maximum Gasteiger partial charge on any atom is 0.315 e. The monoisotopic (exact) mass is 425 g/mol. The maximum atomic E-state index is 12.1. The van der Waals surface area contributed by atoms with E-state index >= 15 is 0 Å². The molecule has 0 aromatic carbocycles. The number of thioether (sulfide) groups is 1. The Morgan fingerprint density at radius 2 is 1.93 bits per heavy atom. The Kier molecular flexibility index (Phi) is 8.36. The van der Waals surface area contributed by atoms with Gasteiger partial charge in [-0.25, -0.2) is 4.79 Å². The smallest absolute Gasteiger partial charge is 0.315 e. The number of amides is 5. The first-order chi connectivity index (χ1) is 13.7. The van der Waals surface area contributed by atoms with Gasteiger partial charge in [-0.05, 0) is 32.8 Å². The summed E-state index contributed by atoms with van der Waals surface area (Å²) in [6, 6.07) is 0.347. The van der Waals surface area contributed by atoms with Crippen molar-refractivity contribution in [3.05, 3.63) is 12.7 Å². The van der Waals surface area contributed by atoms with Gasteiger partial charge in [0.25, 0.3) is 0 Å². The largest absolute Gasteiger partial charge is 0.354 e. The Balaban J connectivity index is 1.53. The van der Waals surface area contributed by atoms with Gasteiger partial charge in [0, 0.05) is 30.5 Å². The summed E-state index contributed by atoms with van der Waals surface area (Å²) in [6.45, 7) is 7.17. The fourth-order valence-corrected chi connectivity index (χ4v) is 4.92. The molecule has 5 N–H and O–H groups in total. The zero-order valence-corrected chi connectivity index (χ0v) is 17.8. The van der Waals surface area contributed by atoms with Crippen LogP contribution in [0.25, 0.3) is 0 Å². The van der Waals surface area contributed by atoms with Crippen molar-refractivity contribution in [3.63, 3.8) is 0 Å². The average molecular weight is 426 g/mol. The number of hydrogen-bond donors (Lipinski definition) is 5. The molecule has 2 rings (SSSR count). The lowest BCUT2D eigenvalue weighted by Crippen LogP contribution is -2.55. The summed E-state index contributed by atoms with van der Waals surface area (Å²) in [5.41, 5.74) is -1.05. The number of fused-ring (bicyclic) bond motifs is 1. The van der Waals surface area contributed by atoms with Crippen LogP contribution in [0, 0.1) is 0 Å². The molecule has 0 aliphatic carbocycles. The van der Waals surface area contributed by atoms with E-state index in [4.69, 9.17) is 0 Å². The van der Waals surface area contributed by atoms with Gasteiger partial charge in [0.2, 0.25) is 17.7 Å². The van der Waals surface area contributed by atoms with Crippen molar-refractivity contribution in [1.82, 2.24) is 26.6 Å². The third-order valence-corrected chi connectivity index (χ3v) is 6.51. The fourth-order valence-electron chi connectivity index (χ4n) is 3.38. The van der Waals surface area contributed by atoms with Crippen LogP contribution in [-0.2, 0) is 14.4 Å². The molecular formula is C19H31N5O4S. The van der Waals surface area contributed by atoms with Gasteiger partial charge in [-0.3, -0.25) is 14.4 Å². The molecule has 0 radical (unpaired) electrons. The Morgan fingerprint density at radius 1 is 1.21 bits per heavy atom. The summed E-state index contributed by atoms with van der Waals surface area (Å²) in [7, 11) is 0. The van der Waals surface area contributed by atoms with E-state index in [0.717, 1.165) is 31.1 Å². The van der Waals surface area contributed by atoms with Crippen LogP contribution in [-0.4, -0.2) is 65.5 Å². The molecule has 2 unspecified atom stereocenters. The average Bonchev–Trinajstić information content (AvgIpc) is 3.21. The lowest BCUT2D eigenvalue weighted by atomic mass is 10.0. The van der Waals surface area contributed by atoms with Crippen LogP contribution >= 0.6 is 11.8 Å². The minimum absolute atomic E-state index is 0.0498. The normalized spacial score (nSPS) is 22.8. The number of rotatable bonds is 11. The van der Waals surface area contributed by atoms with Crippen LogP contribution in [0.2, 0.25) is 0 Å². The van der Waals surface area contributed by atoms with Gasteiger partial charge in [-0.2, -0.15) is 11.8 Å². The van der Waals surface area contributed by atoms with Crippen molar-refractivity contribution in [3.8, 4) is 0 Å². The van der Waals surface area contributed by atoms with Gasteiger partial charge >= 0.3 is 6.03 Å². The number of carbonyl (C=O) groups excluding carboxylic acids is 4. The highest BCUT2D eigenvalue weighted by Gasteiger charge is 2.42. The summed E-state index contributed by atoms with van der Waals surface area (Å²) >= 11 is 1.87. The van der Waals surface area contributed by atoms with E-state index in [-0.39, 0.29) is 36.5 Å². The molecule has 162 valence electrons. The summed E-state index contributed by atoms with van der Waals surface area (Å²) in [5.74, 6) is 0.138. The lowest BCUT2D eigenvalue weighted by molar-refractivity contribution is -0.130. The summed E-state index contributed by atoms with van der Waals surface area (Å²) in [6.07, 6.45) is 4.24. The number of hydrogen-bond acceptors (Lipinski definition) is 5. The highest BCUT2D eigenvalue weighted by atomic mass is 32.2. The molecule has 0 aromatic heterocycles. The zero-order chi connectivity index (χ0) is 21.4. The molecule has 2 heterocycles. The van der Waals surface area contributed by atoms with E-state index in [9.17, 15) is 19.2 Å². The highest BCUT2D eigenvalue weighted by Crippen LogP contribution is 2.33. The quantitative estimate of drug-likeness (QED) is 0.181. The Hall–Kier alpha value is -2.23. The van der Waals surface area contributed by atoms with E-state index in [2.05, 4.69) is 33.2 Å². The maximum absolute atomic E-state index is 12.1. The lowest BCUT2D eigenvalue weighted by Gasteiger charge is -2.24. The van der Waals surface area contributed by atoms with Crippen LogP contribution in [0.15, 0.2) is 12.7 Å². The van der Waals surface area contributed by atoms with Crippen LogP contribution < -0.4 is 26.6 Å². The van der Waals surface area contributed by atoms with Gasteiger partial charge in [-0.15, -0.1) is 0 Å². The second-order valence-corrected chi connectivity index (χ2v) is 9.06. The topological polar surface area (TPSA) is 128 Å². The van der Waals surface area contributed by atoms with Gasteiger partial charge in [0.1, 0.15) is 5.54 Å². The standard InChI is InChI=1S/C19H31N5O4S/c1-4-14(25)24-19(2,3)17(27)21-10-9-20-15(26)8-6-5-7-13-16-12(11-29-13)22-18(28)23-16/h4,12-13,16H,1,5-11H2,2-3H3,(H,20,26)(H,21,27)(H,24,25)(H2,22,23,28)/t12?,13?,16-/m0/s1. The predicted molar refractivity (Wildman–Crippen MR) is 112 cm³/mol. The van der Waals surface area contributed by atoms with E-state index in [0.29, 0.717) is 18.2 Å². The summed E-state index contributed by atoms with van der Waals surface area (Å²) < 4.78 is 0. The van der Waals surface area contributed by atoms with Crippen molar-refractivity contribution < 1.29 is 19.2 Å². The summed E-state index contributed by atoms with van der Waals surface area (Å²) in [4.78, 5) is 46.7. The number of carbonyl (C=O) groups is 4. The van der Waals surface area contributed by atoms with Crippen molar-refractivity contribution >= 4 is 35.5 Å². The second-order valence-electron chi connectivity index (χ2n) is 7.79. The van der Waals surface area contributed by atoms with Crippen LogP contribution in [0.3, 0.4) is 0 Å². The van der Waals surface area contributed by atoms with Crippen molar-refractivity contribution in [2.45, 2.75) is 62.4 Å². The summed E-state index contributed by atoms with van der Waals surface area (Å²) in [5, 5.41) is 14.3. The van der Waals surface area contributed by atoms with Crippen LogP contribution in [0.5, 0.6) is 0 Å². The van der Waals surface area contributed by atoms with Gasteiger partial charge in [0.15, 0.2) is 0 Å². The first-order valence-electron chi connectivity index (χ1n) is 9.91. The van der Waals surface area contributed by atoms with Crippen molar-refractivity contribution in [2.75, 3.05) is 18.8 Å². The molecule has 0 spiro atoms. The van der Waals surface area contributed by atoms with Gasteiger partial charge < -0.3 is 26.6 Å². The first kappa shape index (κ1) is 23.1. The Bertz CT molecular complexity index is 655. The molecule has 2 aliphatic heterocycles. The molecule has 2 fully saturated rings. The van der Waals surface area contributed by atoms with Crippen molar-refractivity contribution in [2.24, 2.45) is 0 Å². The third kappa shape index (κ3) is 6.95. The van der Waals surface area contributed by atoms with Crippen LogP contribution in [0.1, 0.15) is 39.5 Å². The third-order valence-electron chi connectivity index (χ3n) is 5.00. The molecule has 10 heteroatoms. The first-order valence-corrected chi connectivity index (χ1v) is 11.0. The molecule has 0 aromatic rings. The minimum Gasteiger partial charge on any atom is -0.354 e. The zero-order valence-electron chi connectivity index (χ0n) is 17.0. The van der Waals surface area contributed by atoms with Gasteiger partial charge in [0.05, 0.1) is 12.1 Å². The Morgan fingerprint density at radius 3 is 2.66 bits per heavy atom. The second kappa shape index (κ2) is 10.5. The molecule has 3 atom stereocenters. The fraction of sp³-hybridized carbons (Fsp3) is 0.684. The van der Waals surface area contributed by atoms with Crippen LogP contribution in [0.4, 0.5) is 4.79 Å². The Labute approximate surface area is 175 Å². The van der Waals surface area contributed by atoms with E-state index < -0.39 is 11.4 Å². The molecule has 29 heavy (non-hydrogen) atoms. The molecule has 5 amide bonds. The highest BCUT2D eigenvalue weighted by molar-refractivity contribution is 8.00. The number of nitrogens with one attached hydrogen (secondary N) is 5. The van der Waals surface area contributed by atoms with Crippen molar-refractivity contribution in [1.29, 1.82) is 0 Å². The van der Waals surface area contributed by atoms with E-state index in [1.807, 2.05) is 11.8 Å². The number of urea groups is 1. The molecule has 0 saturated carbocycles. The van der Waals surface area contributed by atoms with E-state index in [1.165, 1.54) is 0 Å². The molecular weight excluding hydrogens is 394 g/mol. The van der Waals surface area contributed by atoms with E-state index in [1.54, 1.807) is 13.8 Å². The molecule has 0 bridgehead atoms. The SMILES string of the molecule is C=CC(=O)NC(C)(C)C(=O)NCCNC(=O)CCCCC1SCC2NC(=O)N[C@@H]21. The minimum atomic E-state index is -1.05. The van der Waals surface area contributed by atoms with Gasteiger partial charge in [-0.1, -0.05) is 13.0 Å².